The van der Waals surface area contributed by atoms with Gasteiger partial charge in [0.25, 0.3) is 0 Å². The van der Waals surface area contributed by atoms with Crippen molar-refractivity contribution in [2.75, 3.05) is 0 Å². The van der Waals surface area contributed by atoms with E-state index < -0.39 is 0 Å². The first-order valence-corrected chi connectivity index (χ1v) is 8.34. The van der Waals surface area contributed by atoms with Gasteiger partial charge < -0.3 is 4.74 Å². The highest BCUT2D eigenvalue weighted by atomic mass is 32.1. The third-order valence-corrected chi connectivity index (χ3v) is 4.59. The third kappa shape index (κ3) is 2.76. The number of para-hydroxylation sites is 1. The Morgan fingerprint density at radius 1 is 1.21 bits per heavy atom. The zero-order chi connectivity index (χ0) is 16.5. The van der Waals surface area contributed by atoms with Crippen molar-refractivity contribution < 1.29 is 9.13 Å². The molecule has 0 spiro atoms. The molecule has 4 aromatic rings. The Morgan fingerprint density at radius 2 is 2.04 bits per heavy atom. The molecule has 4 nitrogen and oxygen atoms in total. The predicted octanol–water partition coefficient (Wildman–Crippen LogP) is 4.48. The van der Waals surface area contributed by atoms with Gasteiger partial charge in [0, 0.05) is 40.0 Å². The number of hydrogen-bond acceptors (Lipinski definition) is 4. The van der Waals surface area contributed by atoms with Crippen LogP contribution in [0.25, 0.3) is 16.9 Å². The molecule has 0 atom stereocenters. The van der Waals surface area contributed by atoms with Crippen LogP contribution in [0, 0.1) is 12.7 Å². The molecule has 0 amide bonds. The standard InChI is InChI=1S/C18H14FN3OS/c1-12-17(16(19)11-24-12)13-7-20-18-21-14(9-22(18)8-13)10-23-15-5-3-2-4-6-15/h2-9,11H,10H2,1H3. The van der Waals surface area contributed by atoms with E-state index in [0.717, 1.165) is 21.9 Å². The van der Waals surface area contributed by atoms with Crippen LogP contribution in [0.15, 0.2) is 54.3 Å². The Balaban J connectivity index is 1.62. The Kier molecular flexibility index (Phi) is 3.74. The van der Waals surface area contributed by atoms with Gasteiger partial charge in [-0.25, -0.2) is 14.4 Å². The van der Waals surface area contributed by atoms with Gasteiger partial charge in [0.05, 0.1) is 5.69 Å². The van der Waals surface area contributed by atoms with E-state index in [1.807, 2.05) is 49.6 Å². The molecule has 0 bridgehead atoms. The molecule has 120 valence electrons. The Bertz CT molecular complexity index is 975. The third-order valence-electron chi connectivity index (χ3n) is 3.71. The topological polar surface area (TPSA) is 39.4 Å². The maximum absolute atomic E-state index is 13.9. The summed E-state index contributed by atoms with van der Waals surface area (Å²) in [6, 6.07) is 9.58. The van der Waals surface area contributed by atoms with E-state index in [1.54, 1.807) is 10.6 Å². The lowest BCUT2D eigenvalue weighted by molar-refractivity contribution is 0.302. The molecule has 3 heterocycles. The summed E-state index contributed by atoms with van der Waals surface area (Å²) in [4.78, 5) is 9.69. The van der Waals surface area contributed by atoms with Gasteiger partial charge in [-0.15, -0.1) is 11.3 Å². The molecule has 3 aromatic heterocycles. The molecule has 4 rings (SSSR count). The lowest BCUT2D eigenvalue weighted by Gasteiger charge is -2.02. The molecule has 0 fully saturated rings. The lowest BCUT2D eigenvalue weighted by Crippen LogP contribution is -1.94. The number of imidazole rings is 1. The number of halogens is 1. The average Bonchev–Trinajstić information content (AvgIpc) is 3.16. The van der Waals surface area contributed by atoms with Gasteiger partial charge in [0.15, 0.2) is 0 Å². The second kappa shape index (κ2) is 6.05. The van der Waals surface area contributed by atoms with Crippen LogP contribution < -0.4 is 4.74 Å². The van der Waals surface area contributed by atoms with Gasteiger partial charge in [0.1, 0.15) is 18.2 Å². The summed E-state index contributed by atoms with van der Waals surface area (Å²) in [5.74, 6) is 1.14. The van der Waals surface area contributed by atoms with Crippen molar-refractivity contribution >= 4 is 17.1 Å². The summed E-state index contributed by atoms with van der Waals surface area (Å²) in [7, 11) is 0. The quantitative estimate of drug-likeness (QED) is 0.550. The van der Waals surface area contributed by atoms with Crippen molar-refractivity contribution in [3.05, 3.63) is 70.7 Å². The summed E-state index contributed by atoms with van der Waals surface area (Å²) >= 11 is 1.39. The Hall–Kier alpha value is -2.73. The predicted molar refractivity (Wildman–Crippen MR) is 91.8 cm³/mol. The molecule has 24 heavy (non-hydrogen) atoms. The average molecular weight is 339 g/mol. The Morgan fingerprint density at radius 3 is 2.79 bits per heavy atom. The van der Waals surface area contributed by atoms with Crippen molar-refractivity contribution in [1.29, 1.82) is 0 Å². The van der Waals surface area contributed by atoms with Crippen molar-refractivity contribution in [3.8, 4) is 16.9 Å². The molecule has 0 aliphatic carbocycles. The molecule has 0 aliphatic rings. The summed E-state index contributed by atoms with van der Waals surface area (Å²) < 4.78 is 21.4. The number of aryl methyl sites for hydroxylation is 1. The van der Waals surface area contributed by atoms with Crippen LogP contribution in [0.4, 0.5) is 4.39 Å². The van der Waals surface area contributed by atoms with Gasteiger partial charge in [-0.3, -0.25) is 4.40 Å². The highest BCUT2D eigenvalue weighted by Crippen LogP contribution is 2.30. The monoisotopic (exact) mass is 339 g/mol. The van der Waals surface area contributed by atoms with E-state index in [4.69, 9.17) is 4.74 Å². The fourth-order valence-electron chi connectivity index (χ4n) is 2.57. The van der Waals surface area contributed by atoms with Crippen LogP contribution >= 0.6 is 11.3 Å². The summed E-state index contributed by atoms with van der Waals surface area (Å²) in [6.45, 7) is 2.26. The van der Waals surface area contributed by atoms with Crippen LogP contribution in [-0.4, -0.2) is 14.4 Å². The SMILES string of the molecule is Cc1scc(F)c1-c1cnc2nc(COc3ccccc3)cn2c1. The highest BCUT2D eigenvalue weighted by Gasteiger charge is 2.13. The smallest absolute Gasteiger partial charge is 0.234 e. The molecule has 0 N–H and O–H groups in total. The summed E-state index contributed by atoms with van der Waals surface area (Å²) in [6.07, 6.45) is 5.36. The number of nitrogens with zero attached hydrogens (tertiary/aromatic N) is 3. The zero-order valence-corrected chi connectivity index (χ0v) is 13.8. The normalized spacial score (nSPS) is 11.1. The summed E-state index contributed by atoms with van der Waals surface area (Å²) in [5, 5.41) is 1.52. The number of fused-ring (bicyclic) bond motifs is 1. The first kappa shape index (κ1) is 14.8. The fraction of sp³-hybridized carbons (Fsp3) is 0.111. The molecular formula is C18H14FN3OS. The van der Waals surface area contributed by atoms with E-state index >= 15 is 0 Å². The van der Waals surface area contributed by atoms with Gasteiger partial charge >= 0.3 is 0 Å². The minimum absolute atomic E-state index is 0.216. The number of ether oxygens (including phenoxy) is 1. The van der Waals surface area contributed by atoms with Gasteiger partial charge in [-0.05, 0) is 19.1 Å². The van der Waals surface area contributed by atoms with Crippen LogP contribution in [0.5, 0.6) is 5.75 Å². The molecule has 1 aromatic carbocycles. The minimum atomic E-state index is -0.216. The number of rotatable bonds is 4. The maximum Gasteiger partial charge on any atom is 0.234 e. The minimum Gasteiger partial charge on any atom is -0.487 e. The lowest BCUT2D eigenvalue weighted by atomic mass is 10.1. The number of benzene rings is 1. The van der Waals surface area contributed by atoms with Crippen LogP contribution in [0.2, 0.25) is 0 Å². The van der Waals surface area contributed by atoms with Gasteiger partial charge in [-0.1, -0.05) is 18.2 Å². The van der Waals surface area contributed by atoms with Gasteiger partial charge in [-0.2, -0.15) is 0 Å². The van der Waals surface area contributed by atoms with E-state index in [-0.39, 0.29) is 5.82 Å². The zero-order valence-electron chi connectivity index (χ0n) is 12.9. The molecule has 6 heteroatoms. The molecule has 0 aliphatic heterocycles. The van der Waals surface area contributed by atoms with Crippen LogP contribution in [0.1, 0.15) is 10.6 Å². The van der Waals surface area contributed by atoms with Gasteiger partial charge in [0.2, 0.25) is 5.78 Å². The van der Waals surface area contributed by atoms with Crippen molar-refractivity contribution in [2.45, 2.75) is 13.5 Å². The van der Waals surface area contributed by atoms with Crippen molar-refractivity contribution in [2.24, 2.45) is 0 Å². The molecule has 0 unspecified atom stereocenters. The molecule has 0 saturated heterocycles. The van der Waals surface area contributed by atoms with E-state index in [0.29, 0.717) is 17.9 Å². The molecule has 0 saturated carbocycles. The van der Waals surface area contributed by atoms with E-state index in [9.17, 15) is 4.39 Å². The first-order valence-electron chi connectivity index (χ1n) is 7.46. The van der Waals surface area contributed by atoms with E-state index in [1.165, 1.54) is 16.7 Å². The number of aromatic nitrogens is 3. The largest absolute Gasteiger partial charge is 0.487 e. The highest BCUT2D eigenvalue weighted by molar-refractivity contribution is 7.10. The number of thiophene rings is 1. The first-order chi connectivity index (χ1) is 11.7. The van der Waals surface area contributed by atoms with Crippen molar-refractivity contribution in [3.63, 3.8) is 0 Å². The summed E-state index contributed by atoms with van der Waals surface area (Å²) in [5.41, 5.74) is 2.11. The second-order valence-electron chi connectivity index (χ2n) is 5.40. The van der Waals surface area contributed by atoms with Crippen LogP contribution in [-0.2, 0) is 6.61 Å². The second-order valence-corrected chi connectivity index (χ2v) is 6.48. The van der Waals surface area contributed by atoms with E-state index in [2.05, 4.69) is 9.97 Å². The number of hydrogen-bond donors (Lipinski definition) is 0. The van der Waals surface area contributed by atoms with Crippen molar-refractivity contribution in [1.82, 2.24) is 14.4 Å². The molecular weight excluding hydrogens is 325 g/mol. The Labute approximate surface area is 142 Å². The molecule has 0 radical (unpaired) electrons. The fourth-order valence-corrected chi connectivity index (χ4v) is 3.31. The van der Waals surface area contributed by atoms with Crippen LogP contribution in [0.3, 0.4) is 0 Å². The maximum atomic E-state index is 13.9.